The number of hydrogen-bond acceptors (Lipinski definition) is 3. The molecule has 0 radical (unpaired) electrons. The van der Waals surface area contributed by atoms with E-state index < -0.39 is 0 Å². The Morgan fingerprint density at radius 1 is 1.00 bits per heavy atom. The summed E-state index contributed by atoms with van der Waals surface area (Å²) in [6.07, 6.45) is 0.303. The van der Waals surface area contributed by atoms with E-state index in [1.807, 2.05) is 19.0 Å². The predicted octanol–water partition coefficient (Wildman–Crippen LogP) is 3.35. The van der Waals surface area contributed by atoms with Gasteiger partial charge in [-0.15, -0.1) is 0 Å². The van der Waals surface area contributed by atoms with Gasteiger partial charge in [0.25, 0.3) is 0 Å². The second-order valence-corrected chi connectivity index (χ2v) is 7.67. The molecule has 0 bridgehead atoms. The number of nitrogens with one attached hydrogen (secondary N) is 1. The molecule has 0 heterocycles. The minimum absolute atomic E-state index is 0.0220. The third kappa shape index (κ3) is 6.45. The van der Waals surface area contributed by atoms with E-state index in [2.05, 4.69) is 51.2 Å². The number of carbonyl (C=O) groups excluding carboxylic acids is 2. The maximum atomic E-state index is 12.4. The van der Waals surface area contributed by atoms with Crippen LogP contribution in [0.5, 0.6) is 0 Å². The summed E-state index contributed by atoms with van der Waals surface area (Å²) in [5, 5.41) is 2.92. The standard InChI is InChI=1S/C21H35N3O2/c1-15(2)18-9-8-10-19(16(3)4)21(18)24(17(5)25)13-11-20(26)22-12-14-23(6)7/h8-10,15-16H,11-14H2,1-7H3,(H,22,26). The van der Waals surface area contributed by atoms with Crippen molar-refractivity contribution in [3.63, 3.8) is 0 Å². The maximum absolute atomic E-state index is 12.4. The molecule has 1 rings (SSSR count). The van der Waals surface area contributed by atoms with E-state index >= 15 is 0 Å². The Kier molecular flexibility index (Phi) is 8.79. The van der Waals surface area contributed by atoms with Crippen molar-refractivity contribution in [3.05, 3.63) is 29.3 Å². The van der Waals surface area contributed by atoms with Crippen molar-refractivity contribution in [1.82, 2.24) is 10.2 Å². The van der Waals surface area contributed by atoms with Gasteiger partial charge in [-0.3, -0.25) is 9.59 Å². The zero-order chi connectivity index (χ0) is 19.9. The molecule has 0 saturated carbocycles. The fourth-order valence-corrected chi connectivity index (χ4v) is 2.97. The number of likely N-dealkylation sites (N-methyl/N-ethyl adjacent to an activating group) is 1. The first-order valence-electron chi connectivity index (χ1n) is 9.47. The SMILES string of the molecule is CC(=O)N(CCC(=O)NCCN(C)C)c1c(C(C)C)cccc1C(C)C. The second kappa shape index (κ2) is 10.3. The van der Waals surface area contributed by atoms with Crippen LogP contribution in [0, 0.1) is 0 Å². The Morgan fingerprint density at radius 2 is 1.54 bits per heavy atom. The predicted molar refractivity (Wildman–Crippen MR) is 109 cm³/mol. The number of para-hydroxylation sites is 1. The molecule has 0 aliphatic heterocycles. The molecule has 1 aromatic rings. The Balaban J connectivity index is 3.00. The van der Waals surface area contributed by atoms with Crippen molar-refractivity contribution < 1.29 is 9.59 Å². The Morgan fingerprint density at radius 3 is 1.96 bits per heavy atom. The van der Waals surface area contributed by atoms with Gasteiger partial charge >= 0.3 is 0 Å². The van der Waals surface area contributed by atoms with Gasteiger partial charge in [0.2, 0.25) is 11.8 Å². The zero-order valence-corrected chi connectivity index (χ0v) is 17.4. The fourth-order valence-electron chi connectivity index (χ4n) is 2.97. The molecule has 0 unspecified atom stereocenters. The van der Waals surface area contributed by atoms with E-state index in [1.165, 1.54) is 0 Å². The van der Waals surface area contributed by atoms with Gasteiger partial charge < -0.3 is 15.1 Å². The highest BCUT2D eigenvalue weighted by atomic mass is 16.2. The number of hydrogen-bond donors (Lipinski definition) is 1. The highest BCUT2D eigenvalue weighted by Crippen LogP contribution is 2.35. The molecule has 0 atom stereocenters. The maximum Gasteiger partial charge on any atom is 0.223 e. The number of rotatable bonds is 9. The van der Waals surface area contributed by atoms with Crippen molar-refractivity contribution in [2.45, 2.75) is 52.9 Å². The van der Waals surface area contributed by atoms with Gasteiger partial charge in [0.05, 0.1) is 5.69 Å². The molecule has 0 spiro atoms. The molecule has 2 amide bonds. The van der Waals surface area contributed by atoms with Crippen LogP contribution >= 0.6 is 0 Å². The largest absolute Gasteiger partial charge is 0.355 e. The van der Waals surface area contributed by atoms with Crippen LogP contribution in [-0.4, -0.2) is 50.4 Å². The lowest BCUT2D eigenvalue weighted by Crippen LogP contribution is -2.37. The summed E-state index contributed by atoms with van der Waals surface area (Å²) in [5.41, 5.74) is 3.28. The number of benzene rings is 1. The van der Waals surface area contributed by atoms with Crippen LogP contribution in [0.25, 0.3) is 0 Å². The quantitative estimate of drug-likeness (QED) is 0.734. The van der Waals surface area contributed by atoms with Gasteiger partial charge in [-0.2, -0.15) is 0 Å². The van der Waals surface area contributed by atoms with Crippen molar-refractivity contribution in [1.29, 1.82) is 0 Å². The molecular formula is C21H35N3O2. The van der Waals surface area contributed by atoms with Crippen LogP contribution in [0.3, 0.4) is 0 Å². The summed E-state index contributed by atoms with van der Waals surface area (Å²) in [4.78, 5) is 28.3. The number of amides is 2. The molecule has 0 saturated heterocycles. The smallest absolute Gasteiger partial charge is 0.223 e. The Hall–Kier alpha value is -1.88. The molecule has 26 heavy (non-hydrogen) atoms. The van der Waals surface area contributed by atoms with Crippen LogP contribution in [0.1, 0.15) is 64.0 Å². The van der Waals surface area contributed by atoms with Crippen molar-refractivity contribution in [2.75, 3.05) is 38.6 Å². The van der Waals surface area contributed by atoms with E-state index in [0.717, 1.165) is 23.4 Å². The van der Waals surface area contributed by atoms with Gasteiger partial charge in [0, 0.05) is 33.0 Å². The van der Waals surface area contributed by atoms with Gasteiger partial charge in [-0.05, 0) is 37.1 Å². The monoisotopic (exact) mass is 361 g/mol. The van der Waals surface area contributed by atoms with Gasteiger partial charge in [0.1, 0.15) is 0 Å². The number of carbonyl (C=O) groups is 2. The summed E-state index contributed by atoms with van der Waals surface area (Å²) in [6.45, 7) is 11.9. The van der Waals surface area contributed by atoms with Crippen molar-refractivity contribution in [2.24, 2.45) is 0 Å². The minimum Gasteiger partial charge on any atom is -0.355 e. The van der Waals surface area contributed by atoms with Gasteiger partial charge in [-0.1, -0.05) is 45.9 Å². The molecule has 146 valence electrons. The lowest BCUT2D eigenvalue weighted by atomic mass is 9.91. The van der Waals surface area contributed by atoms with Crippen LogP contribution < -0.4 is 10.2 Å². The summed E-state index contributed by atoms with van der Waals surface area (Å²) in [6, 6.07) is 6.22. The first-order chi connectivity index (χ1) is 12.1. The molecule has 1 aromatic carbocycles. The van der Waals surface area contributed by atoms with Crippen LogP contribution in [0.2, 0.25) is 0 Å². The third-order valence-electron chi connectivity index (χ3n) is 4.44. The van der Waals surface area contributed by atoms with Crippen LogP contribution in [0.4, 0.5) is 5.69 Å². The highest BCUT2D eigenvalue weighted by Gasteiger charge is 2.22. The lowest BCUT2D eigenvalue weighted by molar-refractivity contribution is -0.121. The third-order valence-corrected chi connectivity index (χ3v) is 4.44. The van der Waals surface area contributed by atoms with Gasteiger partial charge in [0.15, 0.2) is 0 Å². The fraction of sp³-hybridized carbons (Fsp3) is 0.619. The number of nitrogens with zero attached hydrogens (tertiary/aromatic N) is 2. The zero-order valence-electron chi connectivity index (χ0n) is 17.4. The average molecular weight is 362 g/mol. The highest BCUT2D eigenvalue weighted by molar-refractivity contribution is 5.94. The molecule has 0 aromatic heterocycles. The summed E-state index contributed by atoms with van der Waals surface area (Å²) in [7, 11) is 3.94. The molecule has 0 aliphatic rings. The van der Waals surface area contributed by atoms with Crippen molar-refractivity contribution in [3.8, 4) is 0 Å². The summed E-state index contributed by atoms with van der Waals surface area (Å²) < 4.78 is 0. The molecule has 5 nitrogen and oxygen atoms in total. The molecule has 0 fully saturated rings. The van der Waals surface area contributed by atoms with Crippen molar-refractivity contribution >= 4 is 17.5 Å². The molecule has 0 aliphatic carbocycles. The van der Waals surface area contributed by atoms with E-state index in [-0.39, 0.29) is 11.8 Å². The average Bonchev–Trinajstić information content (AvgIpc) is 2.53. The second-order valence-electron chi connectivity index (χ2n) is 7.67. The number of anilines is 1. The molecular weight excluding hydrogens is 326 g/mol. The minimum atomic E-state index is -0.0268. The van der Waals surface area contributed by atoms with E-state index in [4.69, 9.17) is 0 Å². The topological polar surface area (TPSA) is 52.7 Å². The van der Waals surface area contributed by atoms with E-state index in [0.29, 0.717) is 31.3 Å². The summed E-state index contributed by atoms with van der Waals surface area (Å²) >= 11 is 0. The van der Waals surface area contributed by atoms with E-state index in [1.54, 1.807) is 11.8 Å². The van der Waals surface area contributed by atoms with Crippen LogP contribution in [-0.2, 0) is 9.59 Å². The first-order valence-corrected chi connectivity index (χ1v) is 9.47. The Labute approximate surface area is 158 Å². The molecule has 1 N–H and O–H groups in total. The van der Waals surface area contributed by atoms with E-state index in [9.17, 15) is 9.59 Å². The summed E-state index contributed by atoms with van der Waals surface area (Å²) in [5.74, 6) is 0.561. The molecule has 5 heteroatoms. The lowest BCUT2D eigenvalue weighted by Gasteiger charge is -2.29. The normalized spacial score (nSPS) is 11.3. The van der Waals surface area contributed by atoms with Gasteiger partial charge in [-0.25, -0.2) is 0 Å². The van der Waals surface area contributed by atoms with Crippen LogP contribution in [0.15, 0.2) is 18.2 Å². The first kappa shape index (κ1) is 22.2. The Bertz CT molecular complexity index is 583.